The van der Waals surface area contributed by atoms with E-state index in [1.807, 2.05) is 22.7 Å². The van der Waals surface area contributed by atoms with Gasteiger partial charge in [-0.25, -0.2) is 0 Å². The highest BCUT2D eigenvalue weighted by molar-refractivity contribution is 9.11. The largest absolute Gasteiger partial charge is 0.306 e. The first-order valence-electron chi connectivity index (χ1n) is 8.77. The van der Waals surface area contributed by atoms with Crippen LogP contribution in [0.5, 0.6) is 0 Å². The summed E-state index contributed by atoms with van der Waals surface area (Å²) >= 11 is 7.35. The maximum atomic E-state index is 4.02. The fourth-order valence-corrected chi connectivity index (χ4v) is 8.08. The number of hydrogen-bond acceptors (Lipinski definition) is 3. The molecule has 0 radical (unpaired) electrons. The summed E-state index contributed by atoms with van der Waals surface area (Å²) in [5.74, 6) is 3.07. The molecule has 1 nitrogen and oxygen atoms in total. The number of halogens is 1. The Morgan fingerprint density at radius 1 is 0.913 bits per heavy atom. The summed E-state index contributed by atoms with van der Waals surface area (Å²) in [6.45, 7) is 1.06. The zero-order chi connectivity index (χ0) is 15.4. The lowest BCUT2D eigenvalue weighted by atomic mass is 9.53. The molecule has 4 heteroatoms. The van der Waals surface area contributed by atoms with Gasteiger partial charge in [0.2, 0.25) is 0 Å². The van der Waals surface area contributed by atoms with Crippen LogP contribution in [0.4, 0.5) is 0 Å². The third-order valence-electron chi connectivity index (χ3n) is 6.15. The number of hydrogen-bond donors (Lipinski definition) is 1. The molecule has 0 atom stereocenters. The van der Waals surface area contributed by atoms with Crippen molar-refractivity contribution in [3.8, 4) is 9.75 Å². The first-order valence-corrected chi connectivity index (χ1v) is 11.2. The van der Waals surface area contributed by atoms with Crippen LogP contribution in [0.15, 0.2) is 28.1 Å². The van der Waals surface area contributed by atoms with Gasteiger partial charge in [-0.3, -0.25) is 0 Å². The summed E-state index contributed by atoms with van der Waals surface area (Å²) in [5, 5.41) is 4.02. The highest BCUT2D eigenvalue weighted by atomic mass is 79.9. The van der Waals surface area contributed by atoms with Crippen LogP contribution in [0.2, 0.25) is 0 Å². The van der Waals surface area contributed by atoms with Crippen LogP contribution in [-0.4, -0.2) is 5.54 Å². The van der Waals surface area contributed by atoms with Gasteiger partial charge in [-0.2, -0.15) is 0 Å². The van der Waals surface area contributed by atoms with Gasteiger partial charge in [0.05, 0.1) is 3.79 Å². The molecule has 1 N–H and O–H groups in total. The topological polar surface area (TPSA) is 12.0 Å². The van der Waals surface area contributed by atoms with E-state index in [0.29, 0.717) is 5.54 Å². The van der Waals surface area contributed by atoms with Crippen molar-refractivity contribution in [1.29, 1.82) is 0 Å². The summed E-state index contributed by atoms with van der Waals surface area (Å²) < 4.78 is 1.22. The van der Waals surface area contributed by atoms with E-state index >= 15 is 0 Å². The minimum Gasteiger partial charge on any atom is -0.306 e. The summed E-state index contributed by atoms with van der Waals surface area (Å²) in [6.07, 6.45) is 8.89. The monoisotopic (exact) mass is 407 g/mol. The Morgan fingerprint density at radius 3 is 2.13 bits per heavy atom. The Bertz CT molecular complexity index is 681. The molecule has 6 rings (SSSR count). The number of nitrogens with one attached hydrogen (secondary N) is 1. The van der Waals surface area contributed by atoms with Crippen molar-refractivity contribution in [3.63, 3.8) is 0 Å². The van der Waals surface area contributed by atoms with Crippen LogP contribution in [0.25, 0.3) is 9.75 Å². The van der Waals surface area contributed by atoms with Crippen LogP contribution in [0.1, 0.15) is 43.4 Å². The van der Waals surface area contributed by atoms with E-state index in [9.17, 15) is 0 Å². The van der Waals surface area contributed by atoms with Crippen molar-refractivity contribution in [2.75, 3.05) is 0 Å². The van der Waals surface area contributed by atoms with E-state index in [-0.39, 0.29) is 0 Å². The quantitative estimate of drug-likeness (QED) is 0.626. The second-order valence-corrected chi connectivity index (χ2v) is 11.6. The molecule has 4 aliphatic rings. The predicted octanol–water partition coefficient (Wildman–Crippen LogP) is 6.30. The predicted molar refractivity (Wildman–Crippen MR) is 103 cm³/mol. The average Bonchev–Trinajstić information content (AvgIpc) is 3.12. The molecule has 4 aliphatic carbocycles. The fourth-order valence-electron chi connectivity index (χ4n) is 5.65. The van der Waals surface area contributed by atoms with Crippen LogP contribution in [0.3, 0.4) is 0 Å². The maximum absolute atomic E-state index is 4.02. The highest BCUT2D eigenvalue weighted by Gasteiger charge is 2.50. The Balaban J connectivity index is 1.29. The molecule has 2 aromatic heterocycles. The molecule has 2 aromatic rings. The van der Waals surface area contributed by atoms with Crippen molar-refractivity contribution in [1.82, 2.24) is 5.32 Å². The molecule has 0 unspecified atom stereocenters. The van der Waals surface area contributed by atoms with Gasteiger partial charge < -0.3 is 5.32 Å². The summed E-state index contributed by atoms with van der Waals surface area (Å²) in [7, 11) is 0. The Morgan fingerprint density at radius 2 is 1.52 bits per heavy atom. The van der Waals surface area contributed by atoms with Crippen molar-refractivity contribution in [2.24, 2.45) is 17.8 Å². The number of rotatable bonds is 4. The summed E-state index contributed by atoms with van der Waals surface area (Å²) in [5.41, 5.74) is 0.477. The third-order valence-corrected chi connectivity index (χ3v) is 9.06. The molecule has 4 fully saturated rings. The van der Waals surface area contributed by atoms with Crippen LogP contribution in [0, 0.1) is 17.8 Å². The molecule has 0 saturated heterocycles. The molecule has 0 aliphatic heterocycles. The molecule has 0 aromatic carbocycles. The van der Waals surface area contributed by atoms with Gasteiger partial charge >= 0.3 is 0 Å². The molecular formula is C19H22BrNS2. The van der Waals surface area contributed by atoms with Crippen molar-refractivity contribution >= 4 is 38.6 Å². The van der Waals surface area contributed by atoms with Crippen LogP contribution < -0.4 is 5.32 Å². The normalized spacial score (nSPS) is 35.1. The van der Waals surface area contributed by atoms with E-state index in [4.69, 9.17) is 0 Å². The highest BCUT2D eigenvalue weighted by Crippen LogP contribution is 2.55. The standard InChI is InChI=1S/C19H22BrNS2/c20-18-4-3-17(23-18)16-2-1-15(22-16)11-21-19-8-12-5-13(9-19)7-14(6-12)10-19/h1-4,12-14,21H,5-11H2. The van der Waals surface area contributed by atoms with E-state index in [2.05, 4.69) is 45.5 Å². The second-order valence-electron chi connectivity index (χ2n) is 7.92. The van der Waals surface area contributed by atoms with Crippen molar-refractivity contribution in [3.05, 3.63) is 32.9 Å². The lowest BCUT2D eigenvalue weighted by Gasteiger charge is -2.57. The third kappa shape index (κ3) is 2.86. The fraction of sp³-hybridized carbons (Fsp3) is 0.579. The molecule has 4 bridgehead atoms. The van der Waals surface area contributed by atoms with Gasteiger partial charge in [-0.15, -0.1) is 22.7 Å². The van der Waals surface area contributed by atoms with Crippen LogP contribution in [-0.2, 0) is 6.54 Å². The average molecular weight is 408 g/mol. The maximum Gasteiger partial charge on any atom is 0.0705 e. The molecule has 0 spiro atoms. The zero-order valence-corrected chi connectivity index (χ0v) is 16.4. The summed E-state index contributed by atoms with van der Waals surface area (Å²) in [6, 6.07) is 8.98. The van der Waals surface area contributed by atoms with Gasteiger partial charge in [-0.1, -0.05) is 0 Å². The second kappa shape index (κ2) is 5.69. The Hall–Kier alpha value is -0.160. The smallest absolute Gasteiger partial charge is 0.0705 e. The van der Waals surface area contributed by atoms with Crippen molar-refractivity contribution in [2.45, 2.75) is 50.6 Å². The Labute approximate surface area is 154 Å². The van der Waals surface area contributed by atoms with Gasteiger partial charge in [0, 0.05) is 26.7 Å². The first-order chi connectivity index (χ1) is 11.2. The van der Waals surface area contributed by atoms with E-state index in [1.54, 1.807) is 0 Å². The lowest BCUT2D eigenvalue weighted by molar-refractivity contribution is -0.0204. The van der Waals surface area contributed by atoms with Gasteiger partial charge in [0.25, 0.3) is 0 Å². The van der Waals surface area contributed by atoms with E-state index in [1.165, 1.54) is 56.9 Å². The SMILES string of the molecule is Brc1ccc(-c2ccc(CNC34CC5CC(CC(C5)C3)C4)s2)s1. The molecule has 4 saturated carbocycles. The van der Waals surface area contributed by atoms with E-state index < -0.39 is 0 Å². The molecule has 2 heterocycles. The van der Waals surface area contributed by atoms with Gasteiger partial charge in [-0.05, 0) is 96.5 Å². The zero-order valence-electron chi connectivity index (χ0n) is 13.2. The lowest BCUT2D eigenvalue weighted by Crippen LogP contribution is -2.58. The minimum absolute atomic E-state index is 0.477. The van der Waals surface area contributed by atoms with Gasteiger partial charge in [0.1, 0.15) is 0 Å². The molecule has 0 amide bonds. The molecule has 122 valence electrons. The van der Waals surface area contributed by atoms with Crippen LogP contribution >= 0.6 is 38.6 Å². The van der Waals surface area contributed by atoms with E-state index in [0.717, 1.165) is 24.3 Å². The molecule has 23 heavy (non-hydrogen) atoms. The van der Waals surface area contributed by atoms with Crippen molar-refractivity contribution < 1.29 is 0 Å². The molecular weight excluding hydrogens is 386 g/mol. The van der Waals surface area contributed by atoms with Gasteiger partial charge in [0.15, 0.2) is 0 Å². The Kier molecular flexibility index (Phi) is 3.74. The summed E-state index contributed by atoms with van der Waals surface area (Å²) in [4.78, 5) is 4.27. The first kappa shape index (κ1) is 15.1. The number of thiophene rings is 2. The minimum atomic E-state index is 0.477.